The predicted molar refractivity (Wildman–Crippen MR) is 95.7 cm³/mol. The second kappa shape index (κ2) is 6.90. The van der Waals surface area contributed by atoms with E-state index in [0.29, 0.717) is 21.7 Å². The van der Waals surface area contributed by atoms with E-state index in [0.717, 1.165) is 41.7 Å². The van der Waals surface area contributed by atoms with Gasteiger partial charge in [-0.1, -0.05) is 11.8 Å². The zero-order valence-corrected chi connectivity index (χ0v) is 15.3. The molecule has 26 heavy (non-hydrogen) atoms. The van der Waals surface area contributed by atoms with Crippen molar-refractivity contribution in [1.29, 1.82) is 0 Å². The lowest BCUT2D eigenvalue weighted by Crippen LogP contribution is -2.47. The number of nitrogens with one attached hydrogen (secondary N) is 2. The maximum Gasteiger partial charge on any atom is 0.425 e. The smallest absolute Gasteiger partial charge is 0.348 e. The van der Waals surface area contributed by atoms with Crippen molar-refractivity contribution in [2.45, 2.75) is 40.2 Å². The average molecular weight is 398 g/mol. The Morgan fingerprint density at radius 2 is 1.92 bits per heavy atom. The van der Waals surface area contributed by atoms with Gasteiger partial charge in [-0.15, -0.1) is 11.3 Å². The molecule has 3 unspecified atom stereocenters. The molecule has 2 N–H and O–H groups in total. The lowest BCUT2D eigenvalue weighted by Gasteiger charge is -2.24. The van der Waals surface area contributed by atoms with E-state index in [1.165, 1.54) is 17.8 Å². The minimum absolute atomic E-state index is 0.101. The lowest BCUT2D eigenvalue weighted by molar-refractivity contribution is -0.134. The zero-order valence-electron chi connectivity index (χ0n) is 13.7. The molecule has 4 rings (SSSR count). The number of halogens is 3. The van der Waals surface area contributed by atoms with Gasteiger partial charge in [-0.05, 0) is 61.7 Å². The number of carbonyl (C=O) groups excluding carboxylic acids is 1. The number of amides is 1. The predicted octanol–water partition coefficient (Wildman–Crippen LogP) is 4.40. The van der Waals surface area contributed by atoms with E-state index < -0.39 is 11.1 Å². The van der Waals surface area contributed by atoms with Crippen LogP contribution in [-0.4, -0.2) is 24.5 Å². The van der Waals surface area contributed by atoms with Crippen LogP contribution in [0.4, 0.5) is 13.2 Å². The second-order valence-corrected chi connectivity index (χ2v) is 9.13. The fourth-order valence-electron chi connectivity index (χ4n) is 3.58. The van der Waals surface area contributed by atoms with Crippen LogP contribution in [0.2, 0.25) is 0 Å². The van der Waals surface area contributed by atoms with Gasteiger partial charge in [-0.3, -0.25) is 4.79 Å². The van der Waals surface area contributed by atoms with E-state index >= 15 is 0 Å². The first-order valence-corrected chi connectivity index (χ1v) is 10.0. The highest BCUT2D eigenvalue weighted by molar-refractivity contribution is 8.01. The molecule has 3 nitrogen and oxygen atoms in total. The quantitative estimate of drug-likeness (QED) is 0.802. The first-order chi connectivity index (χ1) is 12.4. The van der Waals surface area contributed by atoms with Gasteiger partial charge in [0.2, 0.25) is 0 Å². The van der Waals surface area contributed by atoms with E-state index in [-0.39, 0.29) is 11.9 Å². The molecule has 1 aromatic heterocycles. The van der Waals surface area contributed by atoms with Crippen LogP contribution in [0, 0.1) is 5.92 Å². The number of carbonyl (C=O) groups is 1. The molecule has 2 aliphatic rings. The summed E-state index contributed by atoms with van der Waals surface area (Å²) in [6, 6.07) is 10.1. The van der Waals surface area contributed by atoms with Crippen molar-refractivity contribution in [1.82, 2.24) is 10.6 Å². The van der Waals surface area contributed by atoms with Gasteiger partial charge in [0.1, 0.15) is 4.88 Å². The van der Waals surface area contributed by atoms with Crippen LogP contribution in [-0.2, 0) is 6.18 Å². The van der Waals surface area contributed by atoms with Crippen LogP contribution in [0.15, 0.2) is 45.5 Å². The highest BCUT2D eigenvalue weighted by Gasteiger charge is 2.40. The minimum atomic E-state index is -4.31. The number of thiophene rings is 1. The highest BCUT2D eigenvalue weighted by Crippen LogP contribution is 2.40. The maximum absolute atomic E-state index is 12.7. The molecule has 0 radical (unpaired) electrons. The Balaban J connectivity index is 1.37. The number of piperidine rings is 1. The van der Waals surface area contributed by atoms with Crippen molar-refractivity contribution in [3.63, 3.8) is 0 Å². The molecule has 2 fully saturated rings. The number of fused-ring (bicyclic) bond motifs is 2. The monoisotopic (exact) mass is 398 g/mol. The fraction of sp³-hybridized carbons (Fsp3) is 0.389. The number of rotatable bonds is 4. The highest BCUT2D eigenvalue weighted by atomic mass is 32.2. The SMILES string of the molecule is O=C(NC1CC2CNC1C2)c1ccc(Sc2ccc(C(F)(F)F)s2)cc1. The van der Waals surface area contributed by atoms with Crippen LogP contribution in [0.5, 0.6) is 0 Å². The largest absolute Gasteiger partial charge is 0.425 e. The van der Waals surface area contributed by atoms with Gasteiger partial charge in [-0.25, -0.2) is 0 Å². The van der Waals surface area contributed by atoms with Crippen molar-refractivity contribution in [2.75, 3.05) is 6.54 Å². The van der Waals surface area contributed by atoms with Gasteiger partial charge in [0, 0.05) is 22.5 Å². The Morgan fingerprint density at radius 1 is 1.15 bits per heavy atom. The van der Waals surface area contributed by atoms with Crippen molar-refractivity contribution in [3.05, 3.63) is 46.8 Å². The Morgan fingerprint density at radius 3 is 2.50 bits per heavy atom. The summed E-state index contributed by atoms with van der Waals surface area (Å²) >= 11 is 1.99. The van der Waals surface area contributed by atoms with E-state index in [1.54, 1.807) is 24.3 Å². The van der Waals surface area contributed by atoms with Gasteiger partial charge >= 0.3 is 6.18 Å². The van der Waals surface area contributed by atoms with Crippen LogP contribution >= 0.6 is 23.1 Å². The molecule has 0 spiro atoms. The molecule has 8 heteroatoms. The van der Waals surface area contributed by atoms with Gasteiger partial charge in [-0.2, -0.15) is 13.2 Å². The second-order valence-electron chi connectivity index (χ2n) is 6.68. The average Bonchev–Trinajstić information content (AvgIpc) is 3.31. The zero-order chi connectivity index (χ0) is 18.3. The molecular formula is C18H17F3N2OS2. The summed E-state index contributed by atoms with van der Waals surface area (Å²) in [6.07, 6.45) is -2.15. The van der Waals surface area contributed by atoms with Crippen molar-refractivity contribution >= 4 is 29.0 Å². The van der Waals surface area contributed by atoms with E-state index in [1.807, 2.05) is 0 Å². The maximum atomic E-state index is 12.7. The fourth-order valence-corrected chi connectivity index (χ4v) is 5.55. The lowest BCUT2D eigenvalue weighted by atomic mass is 10.1. The van der Waals surface area contributed by atoms with Gasteiger partial charge in [0.05, 0.1) is 4.21 Å². The van der Waals surface area contributed by atoms with Crippen molar-refractivity contribution < 1.29 is 18.0 Å². The van der Waals surface area contributed by atoms with Gasteiger partial charge in [0.15, 0.2) is 0 Å². The summed E-state index contributed by atoms with van der Waals surface area (Å²) in [5.74, 6) is 0.563. The number of hydrogen-bond donors (Lipinski definition) is 2. The third-order valence-corrected chi connectivity index (χ3v) is 7.11. The molecule has 1 amide bonds. The number of alkyl halides is 3. The molecule has 1 aliphatic heterocycles. The van der Waals surface area contributed by atoms with Crippen LogP contribution < -0.4 is 10.6 Å². The van der Waals surface area contributed by atoms with E-state index in [9.17, 15) is 18.0 Å². The van der Waals surface area contributed by atoms with Crippen molar-refractivity contribution in [3.8, 4) is 0 Å². The molecular weight excluding hydrogens is 381 g/mol. The Kier molecular flexibility index (Phi) is 4.75. The Bertz CT molecular complexity index is 804. The Labute approximate surface area is 157 Å². The third kappa shape index (κ3) is 3.77. The molecule has 2 heterocycles. The van der Waals surface area contributed by atoms with Crippen LogP contribution in [0.3, 0.4) is 0 Å². The minimum Gasteiger partial charge on any atom is -0.348 e. The third-order valence-electron chi connectivity index (χ3n) is 4.84. The standard InChI is InChI=1S/C18H17F3N2OS2/c19-18(20,21)15-5-6-16(26-15)25-12-3-1-11(2-4-12)17(24)23-14-8-10-7-13(14)22-9-10/h1-6,10,13-14,22H,7-9H2,(H,23,24). The molecule has 2 aromatic rings. The molecule has 1 aromatic carbocycles. The first kappa shape index (κ1) is 17.9. The first-order valence-electron chi connectivity index (χ1n) is 8.38. The van der Waals surface area contributed by atoms with Crippen molar-refractivity contribution in [2.24, 2.45) is 5.92 Å². The number of benzene rings is 1. The topological polar surface area (TPSA) is 41.1 Å². The Hall–Kier alpha value is -1.51. The number of hydrogen-bond acceptors (Lipinski definition) is 4. The summed E-state index contributed by atoms with van der Waals surface area (Å²) in [5, 5.41) is 6.50. The molecule has 138 valence electrons. The molecule has 1 aliphatic carbocycles. The van der Waals surface area contributed by atoms with E-state index in [2.05, 4.69) is 10.6 Å². The van der Waals surface area contributed by atoms with Gasteiger partial charge < -0.3 is 10.6 Å². The molecule has 1 saturated carbocycles. The molecule has 2 bridgehead atoms. The van der Waals surface area contributed by atoms with Crippen LogP contribution in [0.1, 0.15) is 28.1 Å². The summed E-state index contributed by atoms with van der Waals surface area (Å²) in [5.41, 5.74) is 0.569. The summed E-state index contributed by atoms with van der Waals surface area (Å²) in [4.78, 5) is 12.6. The van der Waals surface area contributed by atoms with Crippen LogP contribution in [0.25, 0.3) is 0 Å². The summed E-state index contributed by atoms with van der Waals surface area (Å²) in [7, 11) is 0. The molecule has 1 saturated heterocycles. The normalized spacial score (nSPS) is 24.8. The van der Waals surface area contributed by atoms with Gasteiger partial charge in [0.25, 0.3) is 5.91 Å². The summed E-state index contributed by atoms with van der Waals surface area (Å²) in [6.45, 7) is 1.04. The summed E-state index contributed by atoms with van der Waals surface area (Å²) < 4.78 is 38.5. The molecule has 3 atom stereocenters. The van der Waals surface area contributed by atoms with E-state index in [4.69, 9.17) is 0 Å².